The zero-order valence-electron chi connectivity index (χ0n) is 21.4. The molecule has 10 heteroatoms. The number of fused-ring (bicyclic) bond motifs is 1. The third kappa shape index (κ3) is 5.53. The first-order chi connectivity index (χ1) is 17.0. The molecule has 5 rings (SSSR count). The van der Waals surface area contributed by atoms with Gasteiger partial charge in [-0.25, -0.2) is 18.2 Å². The summed E-state index contributed by atoms with van der Waals surface area (Å²) in [5.41, 5.74) is 1.86. The number of sulfone groups is 1. The van der Waals surface area contributed by atoms with Crippen LogP contribution >= 0.6 is 0 Å². The predicted molar refractivity (Wildman–Crippen MR) is 137 cm³/mol. The first kappa shape index (κ1) is 25.0. The summed E-state index contributed by atoms with van der Waals surface area (Å²) in [5.74, 6) is 1.69. The average molecular weight is 516 g/mol. The van der Waals surface area contributed by atoms with E-state index in [2.05, 4.69) is 36.0 Å². The Kier molecular flexibility index (Phi) is 6.51. The predicted octanol–water partition coefficient (Wildman–Crippen LogP) is 2.73. The van der Waals surface area contributed by atoms with E-state index in [0.717, 1.165) is 29.8 Å². The molecular formula is C26H37N5O4S. The fraction of sp³-hybridized carbons (Fsp3) is 0.654. The molecule has 9 nitrogen and oxygen atoms in total. The minimum absolute atomic E-state index is 0.00471. The third-order valence-electron chi connectivity index (χ3n) is 7.44. The Bertz CT molecular complexity index is 1270. The topological polar surface area (TPSA) is 113 Å². The number of hydrogen-bond donors (Lipinski definition) is 2. The van der Waals surface area contributed by atoms with Crippen molar-refractivity contribution in [3.63, 3.8) is 0 Å². The monoisotopic (exact) mass is 515 g/mol. The van der Waals surface area contributed by atoms with Crippen LogP contribution in [0.5, 0.6) is 0 Å². The van der Waals surface area contributed by atoms with Gasteiger partial charge in [0, 0.05) is 32.6 Å². The Morgan fingerprint density at radius 3 is 2.44 bits per heavy atom. The van der Waals surface area contributed by atoms with E-state index in [4.69, 9.17) is 4.98 Å². The van der Waals surface area contributed by atoms with E-state index in [-0.39, 0.29) is 29.0 Å². The van der Waals surface area contributed by atoms with Crippen molar-refractivity contribution < 1.29 is 18.0 Å². The van der Waals surface area contributed by atoms with Crippen molar-refractivity contribution in [3.05, 3.63) is 24.0 Å². The van der Waals surface area contributed by atoms with Gasteiger partial charge in [-0.15, -0.1) is 0 Å². The van der Waals surface area contributed by atoms with Gasteiger partial charge in [0.1, 0.15) is 11.9 Å². The van der Waals surface area contributed by atoms with Crippen molar-refractivity contribution in [3.8, 4) is 0 Å². The smallest absolute Gasteiger partial charge is 0.315 e. The van der Waals surface area contributed by atoms with Gasteiger partial charge >= 0.3 is 6.03 Å². The number of carbonyl (C=O) groups excluding carboxylic acids is 2. The van der Waals surface area contributed by atoms with E-state index < -0.39 is 15.9 Å². The first-order valence-corrected chi connectivity index (χ1v) is 14.7. The van der Waals surface area contributed by atoms with Gasteiger partial charge in [-0.1, -0.05) is 20.8 Å². The number of urea groups is 1. The molecule has 1 atom stereocenters. The number of piperidine rings is 1. The summed E-state index contributed by atoms with van der Waals surface area (Å²) < 4.78 is 29.0. The molecule has 1 aromatic heterocycles. The maximum absolute atomic E-state index is 13.3. The van der Waals surface area contributed by atoms with Crippen molar-refractivity contribution in [2.75, 3.05) is 25.4 Å². The number of amides is 3. The third-order valence-corrected chi connectivity index (χ3v) is 9.32. The zero-order chi connectivity index (χ0) is 25.7. The molecule has 2 aromatic rings. The molecule has 2 N–H and O–H groups in total. The highest BCUT2D eigenvalue weighted by Gasteiger charge is 2.34. The quantitative estimate of drug-likeness (QED) is 0.589. The van der Waals surface area contributed by atoms with Gasteiger partial charge in [0.05, 0.1) is 21.7 Å². The molecule has 0 spiro atoms. The Morgan fingerprint density at radius 1 is 1.11 bits per heavy atom. The molecule has 0 radical (unpaired) electrons. The molecule has 1 saturated carbocycles. The maximum Gasteiger partial charge on any atom is 0.315 e. The summed E-state index contributed by atoms with van der Waals surface area (Å²) in [4.78, 5) is 30.9. The highest BCUT2D eigenvalue weighted by molar-refractivity contribution is 7.91. The summed E-state index contributed by atoms with van der Waals surface area (Å²) in [7, 11) is -3.48. The minimum atomic E-state index is -3.48. The number of imidazole rings is 1. The number of hydrogen-bond acceptors (Lipinski definition) is 5. The lowest BCUT2D eigenvalue weighted by Crippen LogP contribution is -2.49. The summed E-state index contributed by atoms with van der Waals surface area (Å²) in [5, 5.41) is 5.23. The van der Waals surface area contributed by atoms with Crippen LogP contribution in [0.25, 0.3) is 11.0 Å². The van der Waals surface area contributed by atoms with Crippen molar-refractivity contribution in [1.82, 2.24) is 25.1 Å². The van der Waals surface area contributed by atoms with Gasteiger partial charge in [-0.2, -0.15) is 0 Å². The Balaban J connectivity index is 1.27. The summed E-state index contributed by atoms with van der Waals surface area (Å²) >= 11 is 0. The number of nitrogens with zero attached hydrogens (tertiary/aromatic N) is 3. The Morgan fingerprint density at radius 2 is 1.83 bits per heavy atom. The van der Waals surface area contributed by atoms with E-state index in [1.807, 2.05) is 6.07 Å². The van der Waals surface area contributed by atoms with Crippen LogP contribution in [0.1, 0.15) is 52.3 Å². The van der Waals surface area contributed by atoms with Crippen LogP contribution in [-0.4, -0.2) is 66.2 Å². The van der Waals surface area contributed by atoms with Crippen LogP contribution in [0.3, 0.4) is 0 Å². The van der Waals surface area contributed by atoms with Gasteiger partial charge in [0.15, 0.2) is 9.84 Å². The van der Waals surface area contributed by atoms with E-state index in [0.29, 0.717) is 43.3 Å². The molecule has 3 heterocycles. The molecule has 196 valence electrons. The fourth-order valence-corrected chi connectivity index (χ4v) is 6.99. The van der Waals surface area contributed by atoms with Crippen LogP contribution in [-0.2, 0) is 27.6 Å². The Labute approximate surface area is 212 Å². The number of benzene rings is 1. The van der Waals surface area contributed by atoms with Gasteiger partial charge in [-0.05, 0) is 61.1 Å². The van der Waals surface area contributed by atoms with Crippen LogP contribution in [0, 0.1) is 17.3 Å². The lowest BCUT2D eigenvalue weighted by Gasteiger charge is -2.33. The Hall–Kier alpha value is -2.62. The number of carbonyl (C=O) groups is 2. The first-order valence-electron chi connectivity index (χ1n) is 13.0. The van der Waals surface area contributed by atoms with E-state index >= 15 is 0 Å². The summed E-state index contributed by atoms with van der Waals surface area (Å²) in [6.07, 6.45) is 4.60. The molecule has 1 unspecified atom stereocenters. The average Bonchev–Trinajstić information content (AvgIpc) is 3.43. The number of aromatic nitrogens is 2. The summed E-state index contributed by atoms with van der Waals surface area (Å²) in [6.45, 7) is 8.85. The van der Waals surface area contributed by atoms with Crippen molar-refractivity contribution in [1.29, 1.82) is 0 Å². The lowest BCUT2D eigenvalue weighted by atomic mass is 9.92. The van der Waals surface area contributed by atoms with E-state index in [1.54, 1.807) is 17.0 Å². The second kappa shape index (κ2) is 9.36. The SMILES string of the molecule is CC(C)(C)Cc1nc2cc(S(=O)(=O)CC3CCN(C(=O)C4CNC(=O)N4)CC3)ccc2n1CC1CC1. The molecule has 3 fully saturated rings. The largest absolute Gasteiger partial charge is 0.341 e. The van der Waals surface area contributed by atoms with Gasteiger partial charge < -0.3 is 20.1 Å². The number of likely N-dealkylation sites (tertiary alicyclic amines) is 1. The molecule has 1 aliphatic carbocycles. The summed E-state index contributed by atoms with van der Waals surface area (Å²) in [6, 6.07) is 4.54. The van der Waals surface area contributed by atoms with Crippen LogP contribution in [0.2, 0.25) is 0 Å². The molecule has 3 aliphatic rings. The zero-order valence-corrected chi connectivity index (χ0v) is 22.2. The van der Waals surface area contributed by atoms with Crippen molar-refractivity contribution in [2.45, 2.75) is 70.4 Å². The normalized spacial score (nSPS) is 21.6. The molecule has 1 aromatic carbocycles. The minimum Gasteiger partial charge on any atom is -0.341 e. The molecule has 0 bridgehead atoms. The highest BCUT2D eigenvalue weighted by Crippen LogP contribution is 2.34. The lowest BCUT2D eigenvalue weighted by molar-refractivity contribution is -0.133. The molecule has 2 saturated heterocycles. The highest BCUT2D eigenvalue weighted by atomic mass is 32.2. The van der Waals surface area contributed by atoms with Crippen LogP contribution < -0.4 is 10.6 Å². The maximum atomic E-state index is 13.3. The molecule has 2 aliphatic heterocycles. The second-order valence-electron chi connectivity index (χ2n) is 11.9. The number of rotatable bonds is 7. The van der Waals surface area contributed by atoms with E-state index in [9.17, 15) is 18.0 Å². The van der Waals surface area contributed by atoms with E-state index in [1.165, 1.54) is 12.8 Å². The van der Waals surface area contributed by atoms with Crippen LogP contribution in [0.4, 0.5) is 4.79 Å². The van der Waals surface area contributed by atoms with Crippen LogP contribution in [0.15, 0.2) is 23.1 Å². The fourth-order valence-electron chi connectivity index (χ4n) is 5.28. The number of nitrogens with one attached hydrogen (secondary N) is 2. The second-order valence-corrected chi connectivity index (χ2v) is 14.0. The molecule has 3 amide bonds. The van der Waals surface area contributed by atoms with Gasteiger partial charge in [-0.3, -0.25) is 4.79 Å². The molecule has 36 heavy (non-hydrogen) atoms. The van der Waals surface area contributed by atoms with Crippen molar-refractivity contribution in [2.24, 2.45) is 17.3 Å². The van der Waals surface area contributed by atoms with Gasteiger partial charge in [0.2, 0.25) is 5.91 Å². The van der Waals surface area contributed by atoms with Crippen molar-refractivity contribution >= 4 is 32.8 Å². The molecular weight excluding hydrogens is 478 g/mol. The standard InChI is InChI=1S/C26H37N5O4S/c1-26(2,3)13-23-28-20-12-19(6-7-22(20)31(23)15-17-4-5-17)36(34,35)16-18-8-10-30(11-9-18)24(32)21-14-27-25(33)29-21/h6-7,12,17-18,21H,4-5,8-11,13-16H2,1-3H3,(H2,27,29,33). The van der Waals surface area contributed by atoms with Gasteiger partial charge in [0.25, 0.3) is 0 Å².